The Bertz CT molecular complexity index is 1010. The van der Waals surface area contributed by atoms with Gasteiger partial charge in [-0.15, -0.1) is 4.40 Å². The van der Waals surface area contributed by atoms with Crippen LogP contribution in [0.25, 0.3) is 0 Å². The molecule has 3 heterocycles. The lowest BCUT2D eigenvalue weighted by Gasteiger charge is -2.38. The first kappa shape index (κ1) is 19.6. The molecule has 0 radical (unpaired) electrons. The first-order valence-corrected chi connectivity index (χ1v) is 10.7. The third kappa shape index (κ3) is 4.16. The van der Waals surface area contributed by atoms with E-state index in [1.165, 1.54) is 6.33 Å². The number of nitrogens with one attached hydrogen (secondary N) is 1. The van der Waals surface area contributed by atoms with E-state index in [4.69, 9.17) is 10.5 Å². The average Bonchev–Trinajstić information content (AvgIpc) is 2.71. The molecular formula is C18H22N6O4S. The number of aliphatic hydroxyl groups excluding tert-OH is 1. The zero-order valence-corrected chi connectivity index (χ0v) is 16.4. The second-order valence-corrected chi connectivity index (χ2v) is 8.28. The Morgan fingerprint density at radius 1 is 1.34 bits per heavy atom. The molecule has 154 valence electrons. The molecule has 0 amide bonds. The molecule has 2 aliphatic heterocycles. The zero-order chi connectivity index (χ0) is 20.4. The van der Waals surface area contributed by atoms with Gasteiger partial charge in [-0.05, 0) is 31.0 Å². The second kappa shape index (κ2) is 7.93. The molecule has 1 saturated heterocycles. The number of fused-ring (bicyclic) bond motifs is 1. The average molecular weight is 418 g/mol. The molecule has 10 nitrogen and oxygen atoms in total. The van der Waals surface area contributed by atoms with Crippen molar-refractivity contribution in [2.24, 2.45) is 10.1 Å². The SMILES string of the molecule is NC1=NS(=O)(=O)Nc2cccc(OC[C@H]3CCCCN3C(O)c3ccncn3)c21. The molecule has 0 aliphatic carbocycles. The lowest BCUT2D eigenvalue weighted by atomic mass is 10.0. The van der Waals surface area contributed by atoms with Crippen LogP contribution in [0.15, 0.2) is 41.2 Å². The van der Waals surface area contributed by atoms with Crippen LogP contribution in [0.3, 0.4) is 0 Å². The number of likely N-dealkylation sites (tertiary alicyclic amines) is 1. The molecule has 0 saturated carbocycles. The van der Waals surface area contributed by atoms with Crippen molar-refractivity contribution < 1.29 is 18.3 Å². The molecule has 2 atom stereocenters. The lowest BCUT2D eigenvalue weighted by Crippen LogP contribution is -2.45. The summed E-state index contributed by atoms with van der Waals surface area (Å²) in [4.78, 5) is 10.00. The van der Waals surface area contributed by atoms with Crippen LogP contribution in [0, 0.1) is 0 Å². The van der Waals surface area contributed by atoms with E-state index < -0.39 is 16.4 Å². The first-order valence-electron chi connectivity index (χ1n) is 9.29. The Hall–Kier alpha value is -2.76. The Labute approximate surface area is 168 Å². The number of nitrogens with zero attached hydrogens (tertiary/aromatic N) is 4. The fourth-order valence-electron chi connectivity index (χ4n) is 3.67. The lowest BCUT2D eigenvalue weighted by molar-refractivity contribution is -0.0566. The van der Waals surface area contributed by atoms with Gasteiger partial charge in [-0.25, -0.2) is 9.97 Å². The number of hydrogen-bond donors (Lipinski definition) is 3. The van der Waals surface area contributed by atoms with E-state index in [2.05, 4.69) is 19.1 Å². The predicted octanol–water partition coefficient (Wildman–Crippen LogP) is 0.777. The van der Waals surface area contributed by atoms with Gasteiger partial charge in [0.2, 0.25) is 0 Å². The quantitative estimate of drug-likeness (QED) is 0.646. The number of nitrogens with two attached hydrogens (primary N) is 1. The summed E-state index contributed by atoms with van der Waals surface area (Å²) in [5.41, 5.74) is 7.15. The summed E-state index contributed by atoms with van der Waals surface area (Å²) in [7, 11) is -3.84. The molecule has 2 aromatic rings. The molecule has 29 heavy (non-hydrogen) atoms. The van der Waals surface area contributed by atoms with Crippen molar-refractivity contribution in [1.29, 1.82) is 0 Å². The van der Waals surface area contributed by atoms with Crippen molar-refractivity contribution in [1.82, 2.24) is 14.9 Å². The highest BCUT2D eigenvalue weighted by molar-refractivity contribution is 7.91. The van der Waals surface area contributed by atoms with E-state index >= 15 is 0 Å². The molecule has 0 spiro atoms. The molecule has 2 aliphatic rings. The highest BCUT2D eigenvalue weighted by Crippen LogP contribution is 2.32. The van der Waals surface area contributed by atoms with Crippen LogP contribution in [0.1, 0.15) is 36.7 Å². The van der Waals surface area contributed by atoms with Gasteiger partial charge in [-0.3, -0.25) is 9.62 Å². The van der Waals surface area contributed by atoms with Crippen molar-refractivity contribution >= 4 is 21.7 Å². The number of amidine groups is 1. The third-order valence-electron chi connectivity index (χ3n) is 5.03. The summed E-state index contributed by atoms with van der Waals surface area (Å²) in [6.07, 6.45) is 5.01. The van der Waals surface area contributed by atoms with E-state index in [-0.39, 0.29) is 11.9 Å². The molecule has 1 fully saturated rings. The maximum atomic E-state index is 11.7. The number of aromatic nitrogens is 2. The van der Waals surface area contributed by atoms with Crippen LogP contribution in [0.4, 0.5) is 5.69 Å². The van der Waals surface area contributed by atoms with E-state index in [0.717, 1.165) is 25.8 Å². The molecule has 0 bridgehead atoms. The van der Waals surface area contributed by atoms with Crippen LogP contribution >= 0.6 is 0 Å². The van der Waals surface area contributed by atoms with Crippen LogP contribution < -0.4 is 15.2 Å². The second-order valence-electron chi connectivity index (χ2n) is 6.94. The van der Waals surface area contributed by atoms with Gasteiger partial charge in [0.15, 0.2) is 12.1 Å². The monoisotopic (exact) mass is 418 g/mol. The number of anilines is 1. The number of aliphatic hydroxyl groups is 1. The van der Waals surface area contributed by atoms with E-state index in [9.17, 15) is 13.5 Å². The van der Waals surface area contributed by atoms with E-state index in [0.29, 0.717) is 29.3 Å². The van der Waals surface area contributed by atoms with E-state index in [1.807, 2.05) is 4.90 Å². The van der Waals surface area contributed by atoms with Crippen molar-refractivity contribution in [3.05, 3.63) is 48.0 Å². The summed E-state index contributed by atoms with van der Waals surface area (Å²) in [6, 6.07) is 6.66. The number of piperidine rings is 1. The van der Waals surface area contributed by atoms with Gasteiger partial charge in [0.05, 0.1) is 16.9 Å². The van der Waals surface area contributed by atoms with Gasteiger partial charge >= 0.3 is 10.2 Å². The van der Waals surface area contributed by atoms with Gasteiger partial charge in [0.25, 0.3) is 0 Å². The normalized spacial score (nSPS) is 22.1. The maximum absolute atomic E-state index is 11.7. The fraction of sp³-hybridized carbons (Fsp3) is 0.389. The molecule has 1 unspecified atom stereocenters. The van der Waals surface area contributed by atoms with Crippen LogP contribution in [0.5, 0.6) is 5.75 Å². The summed E-state index contributed by atoms with van der Waals surface area (Å²) in [6.45, 7) is 1.02. The van der Waals surface area contributed by atoms with Crippen LogP contribution in [-0.2, 0) is 10.2 Å². The zero-order valence-electron chi connectivity index (χ0n) is 15.6. The van der Waals surface area contributed by atoms with Crippen molar-refractivity contribution in [3.63, 3.8) is 0 Å². The van der Waals surface area contributed by atoms with Gasteiger partial charge in [0.1, 0.15) is 18.7 Å². The Balaban J connectivity index is 1.53. The van der Waals surface area contributed by atoms with Crippen molar-refractivity contribution in [3.8, 4) is 5.75 Å². The van der Waals surface area contributed by atoms with Crippen LogP contribution in [0.2, 0.25) is 0 Å². The number of ether oxygens (including phenoxy) is 1. The highest BCUT2D eigenvalue weighted by atomic mass is 32.2. The number of rotatable bonds is 5. The summed E-state index contributed by atoms with van der Waals surface area (Å²) >= 11 is 0. The Morgan fingerprint density at radius 2 is 2.21 bits per heavy atom. The predicted molar refractivity (Wildman–Crippen MR) is 107 cm³/mol. The maximum Gasteiger partial charge on any atom is 0.344 e. The largest absolute Gasteiger partial charge is 0.491 e. The molecule has 1 aromatic heterocycles. The van der Waals surface area contributed by atoms with Crippen LogP contribution in [-0.4, -0.2) is 53.4 Å². The third-order valence-corrected chi connectivity index (χ3v) is 5.94. The Morgan fingerprint density at radius 3 is 3.00 bits per heavy atom. The van der Waals surface area contributed by atoms with Crippen molar-refractivity contribution in [2.75, 3.05) is 17.9 Å². The fourth-order valence-corrected chi connectivity index (χ4v) is 4.51. The Kier molecular flexibility index (Phi) is 5.35. The molecule has 1 aromatic carbocycles. The molecule has 11 heteroatoms. The van der Waals surface area contributed by atoms with Gasteiger partial charge in [-0.2, -0.15) is 8.42 Å². The summed E-state index contributed by atoms with van der Waals surface area (Å²) in [5, 5.41) is 10.8. The highest BCUT2D eigenvalue weighted by Gasteiger charge is 2.31. The van der Waals surface area contributed by atoms with Gasteiger partial charge in [-0.1, -0.05) is 12.5 Å². The topological polar surface area (TPSA) is 143 Å². The van der Waals surface area contributed by atoms with Crippen molar-refractivity contribution in [2.45, 2.75) is 31.5 Å². The van der Waals surface area contributed by atoms with Gasteiger partial charge < -0.3 is 15.6 Å². The minimum absolute atomic E-state index is 0.0389. The molecule has 4 N–H and O–H groups in total. The molecular weight excluding hydrogens is 396 g/mol. The van der Waals surface area contributed by atoms with Gasteiger partial charge in [0, 0.05) is 18.8 Å². The minimum atomic E-state index is -3.84. The minimum Gasteiger partial charge on any atom is -0.491 e. The molecule has 4 rings (SSSR count). The smallest absolute Gasteiger partial charge is 0.344 e. The van der Waals surface area contributed by atoms with E-state index in [1.54, 1.807) is 30.5 Å². The first-order chi connectivity index (χ1) is 13.9. The summed E-state index contributed by atoms with van der Waals surface area (Å²) < 4.78 is 35.3. The standard InChI is InChI=1S/C18H22N6O4S/c19-17-16-13(22-29(26,27)23-17)5-3-6-15(16)28-10-12-4-1-2-9-24(12)18(25)14-7-8-20-11-21-14/h3,5-8,11-12,18,22,25H,1-2,4,9-10H2,(H2,19,23)/t12-,18?/m1/s1. The number of benzene rings is 1. The summed E-state index contributed by atoms with van der Waals surface area (Å²) in [5.74, 6) is 0.323. The number of hydrogen-bond acceptors (Lipinski definition) is 8.